The summed E-state index contributed by atoms with van der Waals surface area (Å²) in [6, 6.07) is 4.06. The molecule has 1 fully saturated rings. The van der Waals surface area contributed by atoms with E-state index in [-0.39, 0.29) is 17.2 Å². The maximum Gasteiger partial charge on any atom is 0.212 e. The molecule has 5 nitrogen and oxygen atoms in total. The van der Waals surface area contributed by atoms with Gasteiger partial charge in [0.1, 0.15) is 0 Å². The number of hydrazine groups is 1. The van der Waals surface area contributed by atoms with Gasteiger partial charge in [0.15, 0.2) is 0 Å². The summed E-state index contributed by atoms with van der Waals surface area (Å²) in [5.41, 5.74) is 3.81. The zero-order valence-corrected chi connectivity index (χ0v) is 13.6. The molecule has 21 heavy (non-hydrogen) atoms. The fraction of sp³-hybridized carbons (Fsp3) is 0.688. The molecule has 2 rings (SSSR count). The molecule has 2 atom stereocenters. The van der Waals surface area contributed by atoms with Crippen LogP contribution in [0.2, 0.25) is 0 Å². The van der Waals surface area contributed by atoms with E-state index in [0.717, 1.165) is 18.4 Å². The van der Waals surface area contributed by atoms with Crippen LogP contribution in [-0.2, 0) is 11.2 Å². The fourth-order valence-electron chi connectivity index (χ4n) is 3.46. The van der Waals surface area contributed by atoms with Crippen molar-refractivity contribution in [2.75, 3.05) is 7.11 Å². The van der Waals surface area contributed by atoms with Crippen LogP contribution in [0.3, 0.4) is 0 Å². The number of hydrogen-bond acceptors (Lipinski definition) is 5. The van der Waals surface area contributed by atoms with E-state index in [4.69, 9.17) is 15.3 Å². The van der Waals surface area contributed by atoms with E-state index in [2.05, 4.69) is 38.1 Å². The summed E-state index contributed by atoms with van der Waals surface area (Å²) in [7, 11) is 1.62. The molecule has 1 aliphatic heterocycles. The summed E-state index contributed by atoms with van der Waals surface area (Å²) in [5.74, 6) is 6.79. The molecule has 1 aromatic rings. The Bertz CT molecular complexity index is 471. The third kappa shape index (κ3) is 3.73. The average molecular weight is 293 g/mol. The minimum atomic E-state index is -0.194. The highest BCUT2D eigenvalue weighted by atomic mass is 16.5. The molecule has 0 aromatic carbocycles. The topological polar surface area (TPSA) is 69.4 Å². The fourth-order valence-corrected chi connectivity index (χ4v) is 3.46. The Labute approximate surface area is 127 Å². The Hall–Kier alpha value is -1.17. The molecule has 1 aliphatic rings. The van der Waals surface area contributed by atoms with Gasteiger partial charge in [0.25, 0.3) is 0 Å². The number of hydrogen-bond donors (Lipinski definition) is 2. The maximum absolute atomic E-state index is 6.17. The first-order valence-electron chi connectivity index (χ1n) is 7.42. The second kappa shape index (κ2) is 5.91. The van der Waals surface area contributed by atoms with Crippen molar-refractivity contribution in [1.82, 2.24) is 10.4 Å². The van der Waals surface area contributed by atoms with E-state index < -0.39 is 0 Å². The quantitative estimate of drug-likeness (QED) is 0.642. The number of methoxy groups -OCH3 is 1. The van der Waals surface area contributed by atoms with Gasteiger partial charge in [0.2, 0.25) is 5.88 Å². The first-order valence-corrected chi connectivity index (χ1v) is 7.42. The minimum absolute atomic E-state index is 0.110. The van der Waals surface area contributed by atoms with Gasteiger partial charge in [-0.15, -0.1) is 0 Å². The molecule has 2 heterocycles. The Morgan fingerprint density at radius 2 is 2.14 bits per heavy atom. The molecular formula is C16H27N3O2. The lowest BCUT2D eigenvalue weighted by molar-refractivity contribution is -0.0776. The molecule has 0 amide bonds. The molecule has 0 radical (unpaired) electrons. The van der Waals surface area contributed by atoms with Crippen LogP contribution in [0.15, 0.2) is 18.3 Å². The second-order valence-corrected chi connectivity index (χ2v) is 6.96. The van der Waals surface area contributed by atoms with Crippen molar-refractivity contribution in [3.63, 3.8) is 0 Å². The van der Waals surface area contributed by atoms with Gasteiger partial charge in [-0.05, 0) is 46.1 Å². The van der Waals surface area contributed by atoms with Gasteiger partial charge in [-0.1, -0.05) is 6.07 Å². The summed E-state index contributed by atoms with van der Waals surface area (Å²) >= 11 is 0. The van der Waals surface area contributed by atoms with Gasteiger partial charge in [0, 0.05) is 24.2 Å². The van der Waals surface area contributed by atoms with Gasteiger partial charge in [0.05, 0.1) is 18.3 Å². The molecule has 0 bridgehead atoms. The number of nitrogens with one attached hydrogen (secondary N) is 1. The summed E-state index contributed by atoms with van der Waals surface area (Å²) in [6.45, 7) is 8.56. The normalized spacial score (nSPS) is 24.8. The summed E-state index contributed by atoms with van der Waals surface area (Å²) in [4.78, 5) is 4.25. The first-order chi connectivity index (χ1) is 9.77. The largest absolute Gasteiger partial charge is 0.481 e. The lowest BCUT2D eigenvalue weighted by atomic mass is 9.80. The Morgan fingerprint density at radius 1 is 1.43 bits per heavy atom. The summed E-state index contributed by atoms with van der Waals surface area (Å²) < 4.78 is 11.3. The SMILES string of the molecule is COc1ccc(CC(NN)C2CC(C)(C)OC2(C)C)cn1. The van der Waals surface area contributed by atoms with Crippen LogP contribution in [-0.4, -0.2) is 29.3 Å². The summed E-state index contributed by atoms with van der Waals surface area (Å²) in [6.07, 6.45) is 3.65. The van der Waals surface area contributed by atoms with Gasteiger partial charge in [-0.3, -0.25) is 11.3 Å². The highest BCUT2D eigenvalue weighted by Crippen LogP contribution is 2.44. The average Bonchev–Trinajstić information content (AvgIpc) is 2.64. The summed E-state index contributed by atoms with van der Waals surface area (Å²) in [5, 5.41) is 0. The predicted molar refractivity (Wildman–Crippen MR) is 83.0 cm³/mol. The van der Waals surface area contributed by atoms with Crippen molar-refractivity contribution >= 4 is 0 Å². The van der Waals surface area contributed by atoms with Crippen molar-refractivity contribution in [1.29, 1.82) is 0 Å². The molecule has 3 N–H and O–H groups in total. The number of rotatable bonds is 5. The number of nitrogens with zero attached hydrogens (tertiary/aromatic N) is 1. The van der Waals surface area contributed by atoms with E-state index >= 15 is 0 Å². The Morgan fingerprint density at radius 3 is 2.57 bits per heavy atom. The molecule has 1 aromatic heterocycles. The molecular weight excluding hydrogens is 266 g/mol. The van der Waals surface area contributed by atoms with Crippen LogP contribution in [0.5, 0.6) is 5.88 Å². The number of ether oxygens (including phenoxy) is 2. The molecule has 0 aliphatic carbocycles. The van der Waals surface area contributed by atoms with E-state index in [1.165, 1.54) is 0 Å². The third-order valence-corrected chi connectivity index (χ3v) is 4.31. The van der Waals surface area contributed by atoms with Crippen LogP contribution in [0, 0.1) is 5.92 Å². The van der Waals surface area contributed by atoms with Crippen LogP contribution in [0.25, 0.3) is 0 Å². The lowest BCUT2D eigenvalue weighted by Gasteiger charge is -2.32. The highest BCUT2D eigenvalue weighted by molar-refractivity contribution is 5.19. The zero-order chi connectivity index (χ0) is 15.7. The van der Waals surface area contributed by atoms with E-state index in [9.17, 15) is 0 Å². The van der Waals surface area contributed by atoms with E-state index in [1.807, 2.05) is 18.3 Å². The zero-order valence-electron chi connectivity index (χ0n) is 13.6. The van der Waals surface area contributed by atoms with Gasteiger partial charge >= 0.3 is 0 Å². The molecule has 0 saturated carbocycles. The van der Waals surface area contributed by atoms with Crippen molar-refractivity contribution in [3.8, 4) is 5.88 Å². The predicted octanol–water partition coefficient (Wildman–Crippen LogP) is 2.06. The van der Waals surface area contributed by atoms with Gasteiger partial charge in [-0.25, -0.2) is 4.98 Å². The standard InChI is InChI=1S/C16H27N3O2/c1-15(2)9-12(16(3,4)21-15)13(19-17)8-11-6-7-14(20-5)18-10-11/h6-7,10,12-13,19H,8-9,17H2,1-5H3. The van der Waals surface area contributed by atoms with Crippen LogP contribution < -0.4 is 16.0 Å². The molecule has 2 unspecified atom stereocenters. The molecule has 5 heteroatoms. The first kappa shape index (κ1) is 16.2. The molecule has 0 spiro atoms. The van der Waals surface area contributed by atoms with Crippen molar-refractivity contribution in [2.24, 2.45) is 11.8 Å². The lowest BCUT2D eigenvalue weighted by Crippen LogP contribution is -2.48. The molecule has 118 valence electrons. The smallest absolute Gasteiger partial charge is 0.212 e. The number of aromatic nitrogens is 1. The van der Waals surface area contributed by atoms with Crippen molar-refractivity contribution in [3.05, 3.63) is 23.9 Å². The maximum atomic E-state index is 6.17. The van der Waals surface area contributed by atoms with Gasteiger partial charge < -0.3 is 9.47 Å². The molecule has 1 saturated heterocycles. The van der Waals surface area contributed by atoms with Crippen molar-refractivity contribution < 1.29 is 9.47 Å². The van der Waals surface area contributed by atoms with Gasteiger partial charge in [-0.2, -0.15) is 0 Å². The number of pyridine rings is 1. The Balaban J connectivity index is 2.12. The van der Waals surface area contributed by atoms with Crippen molar-refractivity contribution in [2.45, 2.75) is 57.8 Å². The Kier molecular flexibility index (Phi) is 4.56. The number of nitrogens with two attached hydrogens (primary N) is 1. The second-order valence-electron chi connectivity index (χ2n) is 6.96. The van der Waals surface area contributed by atoms with Crippen LogP contribution >= 0.6 is 0 Å². The third-order valence-electron chi connectivity index (χ3n) is 4.31. The highest BCUT2D eigenvalue weighted by Gasteiger charge is 2.48. The minimum Gasteiger partial charge on any atom is -0.481 e. The van der Waals surface area contributed by atoms with Crippen LogP contribution in [0.1, 0.15) is 39.7 Å². The van der Waals surface area contributed by atoms with E-state index in [1.54, 1.807) is 7.11 Å². The van der Waals surface area contributed by atoms with Crippen LogP contribution in [0.4, 0.5) is 0 Å². The van der Waals surface area contributed by atoms with E-state index in [0.29, 0.717) is 11.8 Å². The monoisotopic (exact) mass is 293 g/mol.